The summed E-state index contributed by atoms with van der Waals surface area (Å²) in [5, 5.41) is 14.1. The Bertz CT molecular complexity index is 776. The number of hydrogen-bond acceptors (Lipinski definition) is 6. The van der Waals surface area contributed by atoms with Gasteiger partial charge in [0, 0.05) is 6.54 Å². The quantitative estimate of drug-likeness (QED) is 0.371. The smallest absolute Gasteiger partial charge is 0.326 e. The average molecular weight is 451 g/mol. The van der Waals surface area contributed by atoms with Crippen LogP contribution in [0.5, 0.6) is 0 Å². The summed E-state index contributed by atoms with van der Waals surface area (Å²) in [6.45, 7) is 0.0812. The Morgan fingerprint density at radius 1 is 1.26 bits per heavy atom. The predicted octanol–water partition coefficient (Wildman–Crippen LogP) is -0.0139. The number of nitrogens with zero attached hydrogens (tertiary/aromatic N) is 1. The van der Waals surface area contributed by atoms with Crippen LogP contribution in [0.25, 0.3) is 0 Å². The van der Waals surface area contributed by atoms with Gasteiger partial charge in [-0.05, 0) is 43.3 Å². The summed E-state index contributed by atoms with van der Waals surface area (Å²) in [6.07, 6.45) is 3.67. The van der Waals surface area contributed by atoms with E-state index in [-0.39, 0.29) is 12.5 Å². The molecule has 1 aliphatic rings. The van der Waals surface area contributed by atoms with Crippen molar-refractivity contribution in [2.24, 2.45) is 5.73 Å². The summed E-state index contributed by atoms with van der Waals surface area (Å²) in [4.78, 5) is 50.2. The van der Waals surface area contributed by atoms with E-state index in [1.807, 2.05) is 36.6 Å². The molecule has 1 saturated heterocycles. The molecule has 1 fully saturated rings. The van der Waals surface area contributed by atoms with E-state index in [0.29, 0.717) is 38.0 Å². The Morgan fingerprint density at radius 3 is 2.61 bits per heavy atom. The van der Waals surface area contributed by atoms with Crippen molar-refractivity contribution in [2.45, 2.75) is 43.8 Å². The van der Waals surface area contributed by atoms with Crippen molar-refractivity contribution in [3.8, 4) is 0 Å². The van der Waals surface area contributed by atoms with E-state index < -0.39 is 35.9 Å². The first-order valence-corrected chi connectivity index (χ1v) is 11.6. The standard InChI is InChI=1S/C21H30N4O5S/c1-31-11-9-16(21(29)30)24-18(26)13-23-19(27)17-8-5-10-25(17)20(28)15(22)12-14-6-3-2-4-7-14/h2-4,6-7,15-17H,5,8-13,22H2,1H3,(H,23,27)(H,24,26)(H,29,30). The van der Waals surface area contributed by atoms with E-state index in [9.17, 15) is 24.3 Å². The van der Waals surface area contributed by atoms with E-state index >= 15 is 0 Å². The molecule has 1 aromatic rings. The number of nitrogens with one attached hydrogen (secondary N) is 2. The molecular weight excluding hydrogens is 420 g/mol. The number of thioether (sulfide) groups is 1. The molecule has 1 aliphatic heterocycles. The maximum Gasteiger partial charge on any atom is 0.326 e. The highest BCUT2D eigenvalue weighted by Crippen LogP contribution is 2.19. The molecule has 0 bridgehead atoms. The molecule has 2 rings (SSSR count). The lowest BCUT2D eigenvalue weighted by atomic mass is 10.1. The predicted molar refractivity (Wildman–Crippen MR) is 118 cm³/mol. The van der Waals surface area contributed by atoms with Crippen LogP contribution in [0, 0.1) is 0 Å². The van der Waals surface area contributed by atoms with Gasteiger partial charge in [0.2, 0.25) is 17.7 Å². The Balaban J connectivity index is 1.86. The number of hydrogen-bond donors (Lipinski definition) is 4. The number of benzene rings is 1. The molecule has 1 aromatic carbocycles. The first kappa shape index (κ1) is 24.7. The number of carbonyl (C=O) groups excluding carboxylic acids is 3. The van der Waals surface area contributed by atoms with Crippen LogP contribution in [0.3, 0.4) is 0 Å². The molecule has 3 amide bonds. The summed E-state index contributed by atoms with van der Waals surface area (Å²) < 4.78 is 0. The molecule has 3 unspecified atom stereocenters. The maximum absolute atomic E-state index is 12.8. The zero-order chi connectivity index (χ0) is 22.8. The summed E-state index contributed by atoms with van der Waals surface area (Å²) in [5.41, 5.74) is 7.03. The second-order valence-electron chi connectivity index (χ2n) is 7.44. The Hall–Kier alpha value is -2.59. The highest BCUT2D eigenvalue weighted by molar-refractivity contribution is 7.98. The number of rotatable bonds is 11. The fourth-order valence-electron chi connectivity index (χ4n) is 3.50. The molecule has 0 saturated carbocycles. The topological polar surface area (TPSA) is 142 Å². The van der Waals surface area contributed by atoms with E-state index in [1.54, 1.807) is 0 Å². The summed E-state index contributed by atoms with van der Waals surface area (Å²) in [6, 6.07) is 6.97. The van der Waals surface area contributed by atoms with Gasteiger partial charge >= 0.3 is 5.97 Å². The number of aliphatic carboxylic acids is 1. The Morgan fingerprint density at radius 2 is 1.97 bits per heavy atom. The van der Waals surface area contributed by atoms with Crippen LogP contribution in [-0.4, -0.2) is 76.9 Å². The van der Waals surface area contributed by atoms with Crippen molar-refractivity contribution < 1.29 is 24.3 Å². The highest BCUT2D eigenvalue weighted by Gasteiger charge is 2.36. The third-order valence-corrected chi connectivity index (χ3v) is 5.77. The van der Waals surface area contributed by atoms with Gasteiger partial charge in [0.1, 0.15) is 12.1 Å². The molecule has 0 spiro atoms. The van der Waals surface area contributed by atoms with Crippen molar-refractivity contribution in [3.05, 3.63) is 35.9 Å². The lowest BCUT2D eigenvalue weighted by Gasteiger charge is -2.26. The molecule has 10 heteroatoms. The van der Waals surface area contributed by atoms with Crippen LogP contribution in [0.2, 0.25) is 0 Å². The van der Waals surface area contributed by atoms with E-state index in [4.69, 9.17) is 5.73 Å². The fourth-order valence-corrected chi connectivity index (χ4v) is 3.97. The van der Waals surface area contributed by atoms with Crippen molar-refractivity contribution >= 4 is 35.5 Å². The van der Waals surface area contributed by atoms with Crippen LogP contribution in [0.15, 0.2) is 30.3 Å². The fraction of sp³-hybridized carbons (Fsp3) is 0.524. The van der Waals surface area contributed by atoms with Gasteiger partial charge in [-0.1, -0.05) is 30.3 Å². The van der Waals surface area contributed by atoms with Crippen molar-refractivity contribution in [1.82, 2.24) is 15.5 Å². The van der Waals surface area contributed by atoms with Crippen LogP contribution >= 0.6 is 11.8 Å². The first-order chi connectivity index (χ1) is 14.8. The van der Waals surface area contributed by atoms with Gasteiger partial charge in [-0.15, -0.1) is 0 Å². The molecule has 31 heavy (non-hydrogen) atoms. The molecule has 0 radical (unpaired) electrons. The van der Waals surface area contributed by atoms with Crippen LogP contribution < -0.4 is 16.4 Å². The van der Waals surface area contributed by atoms with Crippen molar-refractivity contribution in [3.63, 3.8) is 0 Å². The van der Waals surface area contributed by atoms with E-state index in [1.165, 1.54) is 16.7 Å². The zero-order valence-corrected chi connectivity index (χ0v) is 18.4. The maximum atomic E-state index is 12.8. The summed E-state index contributed by atoms with van der Waals surface area (Å²) >= 11 is 1.48. The Kier molecular flexibility index (Phi) is 9.80. The first-order valence-electron chi connectivity index (χ1n) is 10.2. The third-order valence-electron chi connectivity index (χ3n) is 5.12. The lowest BCUT2D eigenvalue weighted by molar-refractivity contribution is -0.142. The SMILES string of the molecule is CSCCC(NC(=O)CNC(=O)C1CCCN1C(=O)C(N)Cc1ccccc1)C(=O)O. The molecule has 3 atom stereocenters. The number of carboxylic acid groups (broad SMARTS) is 1. The number of nitrogens with two attached hydrogens (primary N) is 1. The van der Waals surface area contributed by atoms with Crippen molar-refractivity contribution in [2.75, 3.05) is 25.1 Å². The number of carbonyl (C=O) groups is 4. The van der Waals surface area contributed by atoms with Gasteiger partial charge in [0.15, 0.2) is 0 Å². The van der Waals surface area contributed by atoms with E-state index in [0.717, 1.165) is 5.56 Å². The van der Waals surface area contributed by atoms with Crippen LogP contribution in [-0.2, 0) is 25.6 Å². The highest BCUT2D eigenvalue weighted by atomic mass is 32.2. The van der Waals surface area contributed by atoms with Crippen LogP contribution in [0.4, 0.5) is 0 Å². The lowest BCUT2D eigenvalue weighted by Crippen LogP contribution is -2.53. The molecule has 9 nitrogen and oxygen atoms in total. The normalized spacial score (nSPS) is 17.6. The van der Waals surface area contributed by atoms with Crippen LogP contribution in [0.1, 0.15) is 24.8 Å². The monoisotopic (exact) mass is 450 g/mol. The number of amides is 3. The average Bonchev–Trinajstić information content (AvgIpc) is 3.24. The minimum atomic E-state index is -1.12. The van der Waals surface area contributed by atoms with Gasteiger partial charge in [-0.3, -0.25) is 14.4 Å². The molecule has 5 N–H and O–H groups in total. The minimum Gasteiger partial charge on any atom is -0.480 e. The minimum absolute atomic E-state index is 0.292. The molecule has 1 heterocycles. The zero-order valence-electron chi connectivity index (χ0n) is 17.6. The third kappa shape index (κ3) is 7.55. The van der Waals surface area contributed by atoms with Gasteiger partial charge in [0.25, 0.3) is 0 Å². The van der Waals surface area contributed by atoms with Gasteiger partial charge < -0.3 is 26.4 Å². The number of likely N-dealkylation sites (tertiary alicyclic amines) is 1. The summed E-state index contributed by atoms with van der Waals surface area (Å²) in [7, 11) is 0. The molecule has 0 aromatic heterocycles. The summed E-state index contributed by atoms with van der Waals surface area (Å²) in [5.74, 6) is -1.85. The molecular formula is C21H30N4O5S. The largest absolute Gasteiger partial charge is 0.480 e. The molecule has 0 aliphatic carbocycles. The number of carboxylic acids is 1. The van der Waals surface area contributed by atoms with Gasteiger partial charge in [0.05, 0.1) is 12.6 Å². The van der Waals surface area contributed by atoms with Gasteiger partial charge in [-0.2, -0.15) is 11.8 Å². The molecule has 170 valence electrons. The van der Waals surface area contributed by atoms with Gasteiger partial charge in [-0.25, -0.2) is 4.79 Å². The second kappa shape index (κ2) is 12.3. The van der Waals surface area contributed by atoms with E-state index in [2.05, 4.69) is 10.6 Å². The second-order valence-corrected chi connectivity index (χ2v) is 8.43. The Labute approximate surface area is 186 Å². The van der Waals surface area contributed by atoms with Crippen molar-refractivity contribution in [1.29, 1.82) is 0 Å².